The zero-order chi connectivity index (χ0) is 31.4. The van der Waals surface area contributed by atoms with E-state index in [-0.39, 0.29) is 11.7 Å². The number of fused-ring (bicyclic) bond motifs is 2. The molecular formula is C35H39FN8. The normalized spacial score (nSPS) is 12.5. The minimum absolute atomic E-state index is 0.283. The molecule has 0 bridgehead atoms. The van der Waals surface area contributed by atoms with Gasteiger partial charge in [-0.2, -0.15) is 5.10 Å². The van der Waals surface area contributed by atoms with Crippen LogP contribution >= 0.6 is 0 Å². The fourth-order valence-electron chi connectivity index (χ4n) is 4.99. The molecule has 9 heteroatoms. The number of aromatic nitrogens is 6. The van der Waals surface area contributed by atoms with Crippen LogP contribution in [0.1, 0.15) is 38.4 Å². The molecule has 4 heterocycles. The maximum atomic E-state index is 14.7. The van der Waals surface area contributed by atoms with Crippen molar-refractivity contribution in [2.45, 2.75) is 33.6 Å². The summed E-state index contributed by atoms with van der Waals surface area (Å²) in [4.78, 5) is 19.7. The zero-order valence-corrected chi connectivity index (χ0v) is 26.0. The highest BCUT2D eigenvalue weighted by atomic mass is 19.1. The first-order valence-corrected chi connectivity index (χ1v) is 14.8. The van der Waals surface area contributed by atoms with Gasteiger partial charge in [-0.25, -0.2) is 9.37 Å². The number of aromatic amines is 2. The Bertz CT molecular complexity index is 1890. The summed E-state index contributed by atoms with van der Waals surface area (Å²) in [5.41, 5.74) is 8.57. The molecule has 4 aromatic heterocycles. The number of pyridine rings is 2. The van der Waals surface area contributed by atoms with Gasteiger partial charge < -0.3 is 15.2 Å². The van der Waals surface area contributed by atoms with Crippen LogP contribution in [0.2, 0.25) is 0 Å². The van der Waals surface area contributed by atoms with Gasteiger partial charge in [0.15, 0.2) is 5.82 Å². The molecule has 0 aliphatic heterocycles. The van der Waals surface area contributed by atoms with E-state index in [4.69, 9.17) is 4.98 Å². The molecule has 0 saturated heterocycles. The summed E-state index contributed by atoms with van der Waals surface area (Å²) in [6.07, 6.45) is 11.0. The van der Waals surface area contributed by atoms with Gasteiger partial charge in [0.2, 0.25) is 0 Å². The van der Waals surface area contributed by atoms with E-state index in [9.17, 15) is 4.39 Å². The van der Waals surface area contributed by atoms with Crippen LogP contribution in [0, 0.1) is 11.7 Å². The van der Waals surface area contributed by atoms with Crippen molar-refractivity contribution in [1.82, 2.24) is 40.3 Å². The molecule has 1 aromatic carbocycles. The summed E-state index contributed by atoms with van der Waals surface area (Å²) >= 11 is 0. The van der Waals surface area contributed by atoms with Gasteiger partial charge in [0, 0.05) is 28.5 Å². The number of hydrogen-bond acceptors (Lipinski definition) is 6. The van der Waals surface area contributed by atoms with Crippen LogP contribution in [0.5, 0.6) is 0 Å². The summed E-state index contributed by atoms with van der Waals surface area (Å²) in [5, 5.41) is 11.9. The predicted octanol–water partition coefficient (Wildman–Crippen LogP) is 7.43. The molecule has 44 heavy (non-hydrogen) atoms. The molecule has 0 aliphatic carbocycles. The first-order valence-electron chi connectivity index (χ1n) is 14.8. The Morgan fingerprint density at radius 1 is 1.11 bits per heavy atom. The monoisotopic (exact) mass is 590 g/mol. The Balaban J connectivity index is 1.51. The highest BCUT2D eigenvalue weighted by Gasteiger charge is 2.18. The Morgan fingerprint density at radius 3 is 2.66 bits per heavy atom. The minimum atomic E-state index is -0.285. The summed E-state index contributed by atoms with van der Waals surface area (Å²) in [6.45, 7) is 15.1. The van der Waals surface area contributed by atoms with Crippen molar-refractivity contribution in [3.05, 3.63) is 103 Å². The first kappa shape index (κ1) is 30.6. The Hall–Kier alpha value is -4.89. The second kappa shape index (κ2) is 13.2. The van der Waals surface area contributed by atoms with Crippen LogP contribution in [0.3, 0.4) is 0 Å². The first-order chi connectivity index (χ1) is 21.2. The predicted molar refractivity (Wildman–Crippen MR) is 178 cm³/mol. The van der Waals surface area contributed by atoms with E-state index in [1.54, 1.807) is 24.5 Å². The fraction of sp³-hybridized carbons (Fsp3) is 0.257. The van der Waals surface area contributed by atoms with Gasteiger partial charge in [-0.3, -0.25) is 15.1 Å². The lowest BCUT2D eigenvalue weighted by Crippen LogP contribution is -2.14. The molecule has 5 rings (SSSR count). The van der Waals surface area contributed by atoms with E-state index in [2.05, 4.69) is 62.4 Å². The molecule has 0 aliphatic rings. The molecule has 0 unspecified atom stereocenters. The number of benzene rings is 1. The van der Waals surface area contributed by atoms with Gasteiger partial charge in [-0.15, -0.1) is 0 Å². The summed E-state index contributed by atoms with van der Waals surface area (Å²) < 4.78 is 14.7. The number of nitrogens with one attached hydrogen (secondary N) is 3. The van der Waals surface area contributed by atoms with E-state index in [1.165, 1.54) is 6.07 Å². The molecule has 3 N–H and O–H groups in total. The van der Waals surface area contributed by atoms with E-state index in [0.29, 0.717) is 28.3 Å². The van der Waals surface area contributed by atoms with Crippen molar-refractivity contribution >= 4 is 27.5 Å². The highest BCUT2D eigenvalue weighted by molar-refractivity contribution is 5.96. The number of allylic oxidation sites excluding steroid dienone is 5. The summed E-state index contributed by atoms with van der Waals surface area (Å²) in [6, 6.07) is 8.98. The maximum Gasteiger partial charge on any atom is 0.159 e. The van der Waals surface area contributed by atoms with E-state index in [1.807, 2.05) is 51.4 Å². The van der Waals surface area contributed by atoms with Crippen LogP contribution in [0.4, 0.5) is 4.39 Å². The standard InChI is InChI=1S/C35H39FN8/c1-8-24(18-27(9-2)39-22(5)21(3)4)30-19-28-31(20-38-30)42-43-33(28)35-40-29-12-13-37-32(34(29)41-35)25-15-23(16-26(36)17-25)11-10-14-44(6)7/h8-9,12-13,15-21,39H,2,5,10-11,14H2,1,3-4,6-7H3,(H,40,41)(H,42,43)/b24-8+,27-18+. The molecule has 0 fully saturated rings. The Morgan fingerprint density at radius 2 is 1.93 bits per heavy atom. The number of aryl methyl sites for hydroxylation is 1. The Kier molecular flexibility index (Phi) is 9.15. The lowest BCUT2D eigenvalue weighted by atomic mass is 10.0. The van der Waals surface area contributed by atoms with Crippen molar-refractivity contribution in [2.24, 2.45) is 5.92 Å². The molecular weight excluding hydrogens is 551 g/mol. The average molecular weight is 591 g/mol. The van der Waals surface area contributed by atoms with Crippen molar-refractivity contribution in [3.63, 3.8) is 0 Å². The van der Waals surface area contributed by atoms with Crippen molar-refractivity contribution in [2.75, 3.05) is 20.6 Å². The van der Waals surface area contributed by atoms with Crippen LogP contribution < -0.4 is 5.32 Å². The molecule has 226 valence electrons. The van der Waals surface area contributed by atoms with E-state index >= 15 is 0 Å². The lowest BCUT2D eigenvalue weighted by Gasteiger charge is -2.14. The zero-order valence-electron chi connectivity index (χ0n) is 26.0. The van der Waals surface area contributed by atoms with Crippen LogP contribution in [-0.2, 0) is 6.42 Å². The third-order valence-electron chi connectivity index (χ3n) is 7.51. The van der Waals surface area contributed by atoms with Crippen LogP contribution in [-0.4, -0.2) is 55.7 Å². The quantitative estimate of drug-likeness (QED) is 0.131. The van der Waals surface area contributed by atoms with Crippen molar-refractivity contribution < 1.29 is 4.39 Å². The molecule has 5 aromatic rings. The minimum Gasteiger partial charge on any atom is -0.359 e. The van der Waals surface area contributed by atoms with Crippen molar-refractivity contribution in [3.8, 4) is 22.8 Å². The number of nitrogens with zero attached hydrogens (tertiary/aromatic N) is 5. The molecule has 0 saturated carbocycles. The highest BCUT2D eigenvalue weighted by Crippen LogP contribution is 2.32. The van der Waals surface area contributed by atoms with Gasteiger partial charge in [-0.05, 0) is 99.9 Å². The maximum absolute atomic E-state index is 14.7. The third-order valence-corrected chi connectivity index (χ3v) is 7.51. The number of rotatable bonds is 12. The number of halogens is 1. The Labute approximate surface area is 257 Å². The third kappa shape index (κ3) is 6.68. The van der Waals surface area contributed by atoms with Crippen LogP contribution in [0.25, 0.3) is 50.3 Å². The van der Waals surface area contributed by atoms with Crippen molar-refractivity contribution in [1.29, 1.82) is 0 Å². The van der Waals surface area contributed by atoms with E-state index < -0.39 is 0 Å². The molecule has 0 radical (unpaired) electrons. The average Bonchev–Trinajstić information content (AvgIpc) is 3.62. The summed E-state index contributed by atoms with van der Waals surface area (Å²) in [5.74, 6) is 0.581. The van der Waals surface area contributed by atoms with Gasteiger partial charge >= 0.3 is 0 Å². The summed E-state index contributed by atoms with van der Waals surface area (Å²) in [7, 11) is 4.07. The molecule has 0 atom stereocenters. The van der Waals surface area contributed by atoms with Gasteiger partial charge in [-0.1, -0.05) is 33.1 Å². The molecule has 0 spiro atoms. The molecule has 8 nitrogen and oxygen atoms in total. The van der Waals surface area contributed by atoms with Gasteiger partial charge in [0.05, 0.1) is 28.6 Å². The number of hydrogen-bond donors (Lipinski definition) is 3. The fourth-order valence-corrected chi connectivity index (χ4v) is 4.99. The smallest absolute Gasteiger partial charge is 0.159 e. The van der Waals surface area contributed by atoms with E-state index in [0.717, 1.165) is 64.0 Å². The van der Waals surface area contributed by atoms with Gasteiger partial charge in [0.1, 0.15) is 17.0 Å². The lowest BCUT2D eigenvalue weighted by molar-refractivity contribution is 0.400. The van der Waals surface area contributed by atoms with Gasteiger partial charge in [0.25, 0.3) is 0 Å². The van der Waals surface area contributed by atoms with Crippen LogP contribution in [0.15, 0.2) is 85.5 Å². The SMILES string of the molecule is C=C/C(=C\C(=C/C)c1cc2c(-c3nc4c(-c5cc(F)cc(CCCN(C)C)c5)nccc4[nH]3)n[nH]c2cn1)NC(=C)C(C)C. The number of imidazole rings is 1. The topological polar surface area (TPSA) is 98.4 Å². The largest absolute Gasteiger partial charge is 0.359 e. The second-order valence-electron chi connectivity index (χ2n) is 11.4. The number of H-pyrrole nitrogens is 2. The molecule has 0 amide bonds. The second-order valence-corrected chi connectivity index (χ2v) is 11.4.